The van der Waals surface area contributed by atoms with Crippen molar-refractivity contribution >= 4 is 52.4 Å². The van der Waals surface area contributed by atoms with Gasteiger partial charge in [0.15, 0.2) is 0 Å². The Morgan fingerprint density at radius 1 is 1.15 bits per heavy atom. The molecule has 8 nitrogen and oxygen atoms in total. The van der Waals surface area contributed by atoms with E-state index in [1.54, 1.807) is 30.3 Å². The van der Waals surface area contributed by atoms with Crippen LogP contribution >= 0.6 is 23.2 Å². The molecular weight excluding hydrogens is 570 g/mol. The largest absolute Gasteiger partial charge is 0.465 e. The van der Waals surface area contributed by atoms with Gasteiger partial charge in [0.1, 0.15) is 16.4 Å². The lowest BCUT2D eigenvalue weighted by Crippen LogP contribution is -2.49. The molecule has 3 N–H and O–H groups in total. The van der Waals surface area contributed by atoms with Crippen molar-refractivity contribution in [3.8, 4) is 0 Å². The van der Waals surface area contributed by atoms with E-state index in [9.17, 15) is 14.4 Å². The molecule has 4 atom stereocenters. The molecule has 214 valence electrons. The zero-order valence-electron chi connectivity index (χ0n) is 22.8. The zero-order valence-corrected chi connectivity index (χ0v) is 24.4. The average molecular weight is 599 g/mol. The molecule has 0 bridgehead atoms. The molecule has 0 unspecified atom stereocenters. The summed E-state index contributed by atoms with van der Waals surface area (Å²) in [4.78, 5) is 44.3. The van der Waals surface area contributed by atoms with Gasteiger partial charge in [-0.3, -0.25) is 9.59 Å². The van der Waals surface area contributed by atoms with E-state index in [2.05, 4.69) is 20.9 Å². The fourth-order valence-electron chi connectivity index (χ4n) is 6.06. The fourth-order valence-corrected chi connectivity index (χ4v) is 6.40. The topological polar surface area (TPSA) is 109 Å². The van der Waals surface area contributed by atoms with Crippen LogP contribution in [0.25, 0.3) is 0 Å². The first-order chi connectivity index (χ1) is 19.4. The van der Waals surface area contributed by atoms with Crippen molar-refractivity contribution in [2.75, 3.05) is 17.7 Å². The van der Waals surface area contributed by atoms with Gasteiger partial charge in [0.05, 0.1) is 23.7 Å². The van der Waals surface area contributed by atoms with Crippen molar-refractivity contribution in [1.82, 2.24) is 10.3 Å². The molecule has 0 radical (unpaired) electrons. The van der Waals surface area contributed by atoms with Crippen molar-refractivity contribution in [1.29, 1.82) is 0 Å². The first kappa shape index (κ1) is 29.0. The number of ether oxygens (including phenoxy) is 1. The number of pyridine rings is 1. The minimum atomic E-state index is -1.41. The number of anilines is 2. The van der Waals surface area contributed by atoms with Crippen LogP contribution < -0.4 is 16.0 Å². The molecule has 1 fully saturated rings. The number of hydrogen-bond acceptors (Lipinski definition) is 6. The maximum atomic E-state index is 15.8. The highest BCUT2D eigenvalue weighted by Crippen LogP contribution is 2.57. The number of halogens is 3. The van der Waals surface area contributed by atoms with Crippen molar-refractivity contribution in [3.05, 3.63) is 87.4 Å². The third-order valence-electron chi connectivity index (χ3n) is 7.68. The monoisotopic (exact) mass is 598 g/mol. The van der Waals surface area contributed by atoms with Crippen LogP contribution in [0.1, 0.15) is 54.6 Å². The Labute approximate surface area is 247 Å². The van der Waals surface area contributed by atoms with Crippen molar-refractivity contribution in [3.63, 3.8) is 0 Å². The highest BCUT2D eigenvalue weighted by molar-refractivity contribution is 6.31. The minimum absolute atomic E-state index is 0.123. The molecule has 0 aliphatic carbocycles. The van der Waals surface area contributed by atoms with Gasteiger partial charge in [-0.2, -0.15) is 0 Å². The Kier molecular flexibility index (Phi) is 7.57. The molecule has 2 aliphatic rings. The summed E-state index contributed by atoms with van der Waals surface area (Å²) in [6.45, 7) is 6.09. The summed E-state index contributed by atoms with van der Waals surface area (Å²) in [7, 11) is 1.28. The van der Waals surface area contributed by atoms with E-state index in [0.29, 0.717) is 28.9 Å². The quantitative estimate of drug-likeness (QED) is 0.256. The number of amides is 2. The number of rotatable bonds is 5. The molecule has 1 spiro atoms. The second kappa shape index (κ2) is 10.7. The Morgan fingerprint density at radius 3 is 2.51 bits per heavy atom. The van der Waals surface area contributed by atoms with Gasteiger partial charge in [-0.1, -0.05) is 56.1 Å². The van der Waals surface area contributed by atoms with Gasteiger partial charge in [-0.15, -0.1) is 0 Å². The summed E-state index contributed by atoms with van der Waals surface area (Å²) in [5.41, 5.74) is 0.146. The second-order valence-electron chi connectivity index (χ2n) is 11.5. The van der Waals surface area contributed by atoms with Crippen LogP contribution in [0.2, 0.25) is 10.2 Å². The van der Waals surface area contributed by atoms with Gasteiger partial charge in [-0.25, -0.2) is 14.2 Å². The number of benzene rings is 2. The van der Waals surface area contributed by atoms with E-state index in [1.165, 1.54) is 31.5 Å². The average Bonchev–Trinajstić information content (AvgIpc) is 3.39. The number of esters is 1. The van der Waals surface area contributed by atoms with Crippen LogP contribution in [0.15, 0.2) is 54.7 Å². The number of nitrogens with zero attached hydrogens (tertiary/aromatic N) is 1. The minimum Gasteiger partial charge on any atom is -0.465 e. The van der Waals surface area contributed by atoms with Crippen LogP contribution in [0.4, 0.5) is 15.8 Å². The summed E-state index contributed by atoms with van der Waals surface area (Å²) in [5.74, 6) is -3.10. The van der Waals surface area contributed by atoms with E-state index in [-0.39, 0.29) is 27.1 Å². The molecule has 5 rings (SSSR count). The predicted octanol–water partition coefficient (Wildman–Crippen LogP) is 5.70. The van der Waals surface area contributed by atoms with E-state index in [1.807, 2.05) is 20.8 Å². The molecule has 3 heterocycles. The number of carbonyl (C=O) groups excluding carboxylic acids is 3. The highest BCUT2D eigenvalue weighted by Gasteiger charge is 2.66. The number of aromatic nitrogens is 1. The number of carbonyl (C=O) groups is 3. The van der Waals surface area contributed by atoms with Gasteiger partial charge in [0.2, 0.25) is 11.8 Å². The lowest BCUT2D eigenvalue weighted by atomic mass is 9.62. The van der Waals surface area contributed by atoms with Crippen LogP contribution in [-0.4, -0.2) is 42.0 Å². The number of methoxy groups -OCH3 is 1. The Hall–Kier alpha value is -3.53. The van der Waals surface area contributed by atoms with Gasteiger partial charge in [0, 0.05) is 35.1 Å². The van der Waals surface area contributed by atoms with Crippen molar-refractivity contribution < 1.29 is 23.5 Å². The number of hydrogen-bond donors (Lipinski definition) is 3. The molecule has 41 heavy (non-hydrogen) atoms. The van der Waals surface area contributed by atoms with Crippen LogP contribution in [0, 0.1) is 11.2 Å². The first-order valence-corrected chi connectivity index (χ1v) is 13.8. The first-order valence-electron chi connectivity index (χ1n) is 13.0. The Bertz CT molecular complexity index is 1540. The maximum Gasteiger partial charge on any atom is 0.337 e. The van der Waals surface area contributed by atoms with Crippen LogP contribution in [-0.2, 0) is 19.7 Å². The lowest BCUT2D eigenvalue weighted by Gasteiger charge is -2.37. The summed E-state index contributed by atoms with van der Waals surface area (Å²) in [5, 5.41) is 9.25. The van der Waals surface area contributed by atoms with Gasteiger partial charge in [0.25, 0.3) is 0 Å². The summed E-state index contributed by atoms with van der Waals surface area (Å²) >= 11 is 12.4. The molecule has 2 aromatic carbocycles. The smallest absolute Gasteiger partial charge is 0.337 e. The fraction of sp³-hybridized carbons (Fsp3) is 0.333. The molecule has 0 saturated carbocycles. The Balaban J connectivity index is 1.66. The highest BCUT2D eigenvalue weighted by atomic mass is 35.5. The number of fused-ring (bicyclic) bond motifs is 2. The van der Waals surface area contributed by atoms with E-state index in [4.69, 9.17) is 27.9 Å². The van der Waals surface area contributed by atoms with E-state index in [0.717, 1.165) is 0 Å². The summed E-state index contributed by atoms with van der Waals surface area (Å²) in [6, 6.07) is 10.7. The second-order valence-corrected chi connectivity index (χ2v) is 12.3. The SMILES string of the molecule is COC(=O)c1ccc(NC(=O)[C@H]2N[C@H](CC(C)(C)C)[C@]3(C(=O)Nc4cc(Cl)ncc43)[C@@H]2c2cccc(Cl)c2F)cc1. The normalized spacial score (nSPS) is 23.3. The Morgan fingerprint density at radius 2 is 1.85 bits per heavy atom. The third-order valence-corrected chi connectivity index (χ3v) is 8.18. The molecule has 3 aromatic rings. The van der Waals surface area contributed by atoms with Crippen LogP contribution in [0.3, 0.4) is 0 Å². The van der Waals surface area contributed by atoms with Gasteiger partial charge < -0.3 is 20.7 Å². The number of nitrogens with one attached hydrogen (secondary N) is 3. The summed E-state index contributed by atoms with van der Waals surface area (Å²) < 4.78 is 20.6. The van der Waals surface area contributed by atoms with E-state index >= 15 is 4.39 Å². The molecule has 2 amide bonds. The molecule has 2 aliphatic heterocycles. The van der Waals surface area contributed by atoms with Crippen LogP contribution in [0.5, 0.6) is 0 Å². The third kappa shape index (κ3) is 5.07. The van der Waals surface area contributed by atoms with Crippen molar-refractivity contribution in [2.45, 2.75) is 50.6 Å². The van der Waals surface area contributed by atoms with Gasteiger partial charge in [-0.05, 0) is 53.8 Å². The molecule has 1 saturated heterocycles. The lowest BCUT2D eigenvalue weighted by molar-refractivity contribution is -0.122. The molecular formula is C30H29Cl2FN4O4. The zero-order chi connectivity index (χ0) is 29.7. The molecule has 11 heteroatoms. The predicted molar refractivity (Wildman–Crippen MR) is 155 cm³/mol. The van der Waals surface area contributed by atoms with Gasteiger partial charge >= 0.3 is 5.97 Å². The standard InChI is InChI=1S/C30H29Cl2FN4O4/c1-29(2,3)13-21-30(18-14-34-22(32)12-20(18)36-28(30)40)23(17-6-5-7-19(31)24(17)33)25(37-21)26(38)35-16-10-8-15(9-11-16)27(39)41-4/h5-12,14,21,23,25,37H,13H2,1-4H3,(H,35,38)(H,36,40)/t21-,23-,25+,30+/m1/s1. The summed E-state index contributed by atoms with van der Waals surface area (Å²) in [6.07, 6.45) is 1.99. The van der Waals surface area contributed by atoms with Crippen molar-refractivity contribution in [2.24, 2.45) is 5.41 Å². The molecule has 1 aromatic heterocycles. The van der Waals surface area contributed by atoms with E-state index < -0.39 is 41.1 Å². The maximum absolute atomic E-state index is 15.8.